The second kappa shape index (κ2) is 5.40. The minimum atomic E-state index is -0.260. The molecule has 1 amide bonds. The number of pyridine rings is 1. The second-order valence-corrected chi connectivity index (χ2v) is 4.90. The average Bonchev–Trinajstić information content (AvgIpc) is 2.51. The number of hydrogen-bond donors (Lipinski definition) is 1. The van der Waals surface area contributed by atoms with E-state index in [1.165, 1.54) is 11.5 Å². The topological polar surface area (TPSA) is 76.9 Å². The largest absolute Gasteiger partial charge is 0.326 e. The van der Waals surface area contributed by atoms with Crippen molar-refractivity contribution in [2.75, 3.05) is 5.32 Å². The summed E-state index contributed by atoms with van der Waals surface area (Å²) in [5.74, 6) is -0.202. The number of hydrogen-bond acceptors (Lipinski definition) is 4. The summed E-state index contributed by atoms with van der Waals surface area (Å²) in [7, 11) is 1.66. The van der Waals surface area contributed by atoms with Gasteiger partial charge in [0, 0.05) is 25.7 Å². The second-order valence-electron chi connectivity index (χ2n) is 4.90. The molecule has 6 nitrogen and oxygen atoms in total. The number of nitrogens with zero attached hydrogens (tertiary/aromatic N) is 3. The molecular weight excluding hydrogens is 280 g/mol. The van der Waals surface area contributed by atoms with Crippen LogP contribution in [0.15, 0.2) is 47.4 Å². The minimum Gasteiger partial charge on any atom is -0.326 e. The Balaban J connectivity index is 2.30. The Morgan fingerprint density at radius 2 is 1.95 bits per heavy atom. The van der Waals surface area contributed by atoms with Gasteiger partial charge in [0.05, 0.1) is 5.69 Å². The highest BCUT2D eigenvalue weighted by molar-refractivity contribution is 5.93. The number of carbonyl (C=O) groups is 1. The van der Waals surface area contributed by atoms with E-state index in [2.05, 4.69) is 15.3 Å². The van der Waals surface area contributed by atoms with Crippen LogP contribution in [0.2, 0.25) is 0 Å². The summed E-state index contributed by atoms with van der Waals surface area (Å²) in [4.78, 5) is 32.5. The molecule has 0 saturated heterocycles. The third-order valence-electron chi connectivity index (χ3n) is 3.32. The fraction of sp³-hybridized carbons (Fsp3) is 0.125. The molecule has 3 aromatic rings. The van der Waals surface area contributed by atoms with E-state index < -0.39 is 0 Å². The van der Waals surface area contributed by atoms with E-state index in [0.29, 0.717) is 22.4 Å². The Hall–Kier alpha value is -3.02. The number of para-hydroxylation sites is 1. The normalized spacial score (nSPS) is 10.6. The van der Waals surface area contributed by atoms with E-state index in [1.807, 2.05) is 0 Å². The number of aryl methyl sites for hydroxylation is 1. The minimum absolute atomic E-state index is 0.202. The Morgan fingerprint density at radius 3 is 2.73 bits per heavy atom. The molecule has 22 heavy (non-hydrogen) atoms. The molecule has 6 heteroatoms. The number of aromatic nitrogens is 3. The highest BCUT2D eigenvalue weighted by atomic mass is 16.1. The molecule has 0 fully saturated rings. The molecule has 1 aromatic carbocycles. The van der Waals surface area contributed by atoms with Gasteiger partial charge in [0.2, 0.25) is 5.91 Å². The Labute approximate surface area is 126 Å². The van der Waals surface area contributed by atoms with Gasteiger partial charge in [-0.05, 0) is 18.2 Å². The molecule has 0 spiro atoms. The standard InChI is InChI=1S/C16H14N4O2/c1-10(21)18-12-7-4-3-6-11(12)14-16(22)20(2)15-13(19-14)8-5-9-17-15/h3-9H,1-2H3,(H,18,21). The molecule has 0 aliphatic rings. The van der Waals surface area contributed by atoms with Crippen molar-refractivity contribution in [1.29, 1.82) is 0 Å². The first kappa shape index (κ1) is 13.9. The number of benzene rings is 1. The first-order valence-corrected chi connectivity index (χ1v) is 6.76. The molecule has 0 bridgehead atoms. The maximum Gasteiger partial charge on any atom is 0.278 e. The zero-order valence-corrected chi connectivity index (χ0v) is 12.2. The SMILES string of the molecule is CC(=O)Nc1ccccc1-c1nc2cccnc2n(C)c1=O. The third-order valence-corrected chi connectivity index (χ3v) is 3.32. The fourth-order valence-corrected chi connectivity index (χ4v) is 2.32. The van der Waals surface area contributed by atoms with Crippen molar-refractivity contribution in [3.05, 3.63) is 52.9 Å². The Morgan fingerprint density at radius 1 is 1.18 bits per heavy atom. The van der Waals surface area contributed by atoms with Crippen LogP contribution >= 0.6 is 0 Å². The maximum atomic E-state index is 12.6. The van der Waals surface area contributed by atoms with Crippen LogP contribution in [-0.2, 0) is 11.8 Å². The average molecular weight is 294 g/mol. The van der Waals surface area contributed by atoms with Crippen LogP contribution in [0.25, 0.3) is 22.4 Å². The van der Waals surface area contributed by atoms with Crippen molar-refractivity contribution in [1.82, 2.24) is 14.5 Å². The van der Waals surface area contributed by atoms with Gasteiger partial charge in [0.15, 0.2) is 5.65 Å². The Bertz CT molecular complexity index is 931. The summed E-state index contributed by atoms with van der Waals surface area (Å²) in [6.45, 7) is 1.42. The molecule has 0 aliphatic heterocycles. The maximum absolute atomic E-state index is 12.6. The zero-order chi connectivity index (χ0) is 15.7. The quantitative estimate of drug-likeness (QED) is 0.783. The molecule has 2 aromatic heterocycles. The molecule has 110 valence electrons. The molecule has 0 saturated carbocycles. The van der Waals surface area contributed by atoms with Crippen LogP contribution in [0.1, 0.15) is 6.92 Å². The monoisotopic (exact) mass is 294 g/mol. The number of anilines is 1. The zero-order valence-electron chi connectivity index (χ0n) is 12.2. The van der Waals surface area contributed by atoms with E-state index in [9.17, 15) is 9.59 Å². The van der Waals surface area contributed by atoms with Crippen molar-refractivity contribution < 1.29 is 4.79 Å². The van der Waals surface area contributed by atoms with Crippen LogP contribution in [0.5, 0.6) is 0 Å². The summed E-state index contributed by atoms with van der Waals surface area (Å²) >= 11 is 0. The van der Waals surface area contributed by atoms with Crippen molar-refractivity contribution in [2.45, 2.75) is 6.92 Å². The van der Waals surface area contributed by atoms with E-state index in [1.54, 1.807) is 49.6 Å². The summed E-state index contributed by atoms with van der Waals surface area (Å²) in [5.41, 5.74) is 2.31. The number of rotatable bonds is 2. The van der Waals surface area contributed by atoms with Crippen molar-refractivity contribution in [3.8, 4) is 11.3 Å². The third kappa shape index (κ3) is 2.35. The number of carbonyl (C=O) groups excluding carboxylic acids is 1. The van der Waals surface area contributed by atoms with Crippen molar-refractivity contribution in [3.63, 3.8) is 0 Å². The highest BCUT2D eigenvalue weighted by Crippen LogP contribution is 2.24. The molecule has 3 rings (SSSR count). The molecule has 0 aliphatic carbocycles. The van der Waals surface area contributed by atoms with Crippen LogP contribution in [0.3, 0.4) is 0 Å². The van der Waals surface area contributed by atoms with Gasteiger partial charge in [-0.25, -0.2) is 9.97 Å². The fourth-order valence-electron chi connectivity index (χ4n) is 2.32. The van der Waals surface area contributed by atoms with Gasteiger partial charge in [0.1, 0.15) is 11.2 Å². The number of nitrogens with one attached hydrogen (secondary N) is 1. The number of fused-ring (bicyclic) bond motifs is 1. The lowest BCUT2D eigenvalue weighted by atomic mass is 10.1. The lowest BCUT2D eigenvalue weighted by Gasteiger charge is -2.11. The van der Waals surface area contributed by atoms with Gasteiger partial charge >= 0.3 is 0 Å². The van der Waals surface area contributed by atoms with Crippen LogP contribution in [0.4, 0.5) is 5.69 Å². The van der Waals surface area contributed by atoms with Gasteiger partial charge in [-0.2, -0.15) is 0 Å². The summed E-state index contributed by atoms with van der Waals surface area (Å²) < 4.78 is 1.46. The Kier molecular flexibility index (Phi) is 3.42. The smallest absolute Gasteiger partial charge is 0.278 e. The summed E-state index contributed by atoms with van der Waals surface area (Å²) in [5, 5.41) is 2.72. The predicted octanol–water partition coefficient (Wildman–Crippen LogP) is 1.95. The van der Waals surface area contributed by atoms with E-state index >= 15 is 0 Å². The molecule has 0 atom stereocenters. The lowest BCUT2D eigenvalue weighted by molar-refractivity contribution is -0.114. The molecule has 0 radical (unpaired) electrons. The molecule has 1 N–H and O–H groups in total. The van der Waals surface area contributed by atoms with Gasteiger partial charge in [-0.1, -0.05) is 18.2 Å². The van der Waals surface area contributed by atoms with E-state index in [4.69, 9.17) is 0 Å². The molecular formula is C16H14N4O2. The summed E-state index contributed by atoms with van der Waals surface area (Å²) in [6.07, 6.45) is 1.62. The predicted molar refractivity (Wildman–Crippen MR) is 84.5 cm³/mol. The number of amides is 1. The first-order valence-electron chi connectivity index (χ1n) is 6.76. The van der Waals surface area contributed by atoms with Gasteiger partial charge in [-0.3, -0.25) is 14.2 Å². The highest BCUT2D eigenvalue weighted by Gasteiger charge is 2.14. The lowest BCUT2D eigenvalue weighted by Crippen LogP contribution is -2.22. The van der Waals surface area contributed by atoms with Crippen molar-refractivity contribution in [2.24, 2.45) is 7.05 Å². The van der Waals surface area contributed by atoms with E-state index in [0.717, 1.165) is 0 Å². The van der Waals surface area contributed by atoms with Crippen LogP contribution < -0.4 is 10.9 Å². The van der Waals surface area contributed by atoms with Gasteiger partial charge < -0.3 is 5.32 Å². The van der Waals surface area contributed by atoms with Crippen molar-refractivity contribution >= 4 is 22.8 Å². The van der Waals surface area contributed by atoms with Gasteiger partial charge in [0.25, 0.3) is 5.56 Å². The first-order chi connectivity index (χ1) is 10.6. The van der Waals surface area contributed by atoms with E-state index in [-0.39, 0.29) is 17.2 Å². The summed E-state index contributed by atoms with van der Waals surface area (Å²) in [6, 6.07) is 10.7. The molecule has 2 heterocycles. The van der Waals surface area contributed by atoms with Crippen LogP contribution in [-0.4, -0.2) is 20.4 Å². The molecule has 0 unspecified atom stereocenters. The van der Waals surface area contributed by atoms with Crippen LogP contribution in [0, 0.1) is 0 Å². The van der Waals surface area contributed by atoms with Gasteiger partial charge in [-0.15, -0.1) is 0 Å².